The van der Waals surface area contributed by atoms with Gasteiger partial charge in [0.25, 0.3) is 0 Å². The van der Waals surface area contributed by atoms with Crippen molar-refractivity contribution >= 4 is 0 Å². The number of hydrogen-bond acceptors (Lipinski definition) is 4. The van der Waals surface area contributed by atoms with Gasteiger partial charge in [0, 0.05) is 13.0 Å². The molecule has 3 N–H and O–H groups in total. The first-order valence-corrected chi connectivity index (χ1v) is 7.46. The number of rotatable bonds is 6. The fourth-order valence-corrected chi connectivity index (χ4v) is 3.06. The van der Waals surface area contributed by atoms with Crippen molar-refractivity contribution in [2.24, 2.45) is 11.7 Å². The Bertz CT molecular complexity index is 389. The van der Waals surface area contributed by atoms with E-state index in [-0.39, 0.29) is 5.60 Å². The lowest BCUT2D eigenvalue weighted by atomic mass is 9.78. The van der Waals surface area contributed by atoms with Gasteiger partial charge in [-0.15, -0.1) is 0 Å². The Morgan fingerprint density at radius 3 is 3.05 bits per heavy atom. The number of nitrogens with one attached hydrogen (secondary N) is 1. The predicted octanol–water partition coefficient (Wildman–Crippen LogP) is 2.14. The summed E-state index contributed by atoms with van der Waals surface area (Å²) < 4.78 is 6.08. The third-order valence-corrected chi connectivity index (χ3v) is 3.93. The van der Waals surface area contributed by atoms with E-state index in [0.29, 0.717) is 19.1 Å². The smallest absolute Gasteiger partial charge is 0.182 e. The Balaban J connectivity index is 2.15. The maximum absolute atomic E-state index is 6.08. The van der Waals surface area contributed by atoms with E-state index < -0.39 is 0 Å². The first kappa shape index (κ1) is 14.5. The molecule has 1 aliphatic rings. The molecule has 1 saturated carbocycles. The van der Waals surface area contributed by atoms with E-state index in [2.05, 4.69) is 22.1 Å². The maximum Gasteiger partial charge on any atom is 0.182 e. The molecular formula is C14H26N4O. The van der Waals surface area contributed by atoms with E-state index in [1.165, 1.54) is 12.8 Å². The molecule has 0 amide bonds. The maximum atomic E-state index is 6.08. The molecule has 0 saturated heterocycles. The molecule has 0 aliphatic heterocycles. The third-order valence-electron chi connectivity index (χ3n) is 3.93. The van der Waals surface area contributed by atoms with Crippen molar-refractivity contribution in [1.82, 2.24) is 15.2 Å². The molecule has 0 bridgehead atoms. The molecule has 5 nitrogen and oxygen atoms in total. The molecule has 5 heteroatoms. The summed E-state index contributed by atoms with van der Waals surface area (Å²) in [6, 6.07) is 0. The van der Waals surface area contributed by atoms with Gasteiger partial charge in [0.1, 0.15) is 11.4 Å². The lowest BCUT2D eigenvalue weighted by Gasteiger charge is -2.37. The number of hydrogen-bond donors (Lipinski definition) is 2. The Labute approximate surface area is 115 Å². The predicted molar refractivity (Wildman–Crippen MR) is 74.7 cm³/mol. The summed E-state index contributed by atoms with van der Waals surface area (Å²) in [7, 11) is 0. The van der Waals surface area contributed by atoms with Crippen LogP contribution in [-0.4, -0.2) is 28.3 Å². The molecule has 1 fully saturated rings. The Hall–Kier alpha value is -0.940. The number of nitrogens with zero attached hydrogens (tertiary/aromatic N) is 2. The van der Waals surface area contributed by atoms with Crippen LogP contribution in [0, 0.1) is 5.92 Å². The summed E-state index contributed by atoms with van der Waals surface area (Å²) in [5.41, 5.74) is 5.26. The zero-order valence-corrected chi connectivity index (χ0v) is 12.1. The first-order valence-electron chi connectivity index (χ1n) is 7.46. The highest BCUT2D eigenvalue weighted by atomic mass is 16.5. The van der Waals surface area contributed by atoms with Crippen LogP contribution in [0.25, 0.3) is 0 Å². The number of aromatic amines is 1. The van der Waals surface area contributed by atoms with Crippen molar-refractivity contribution in [3.63, 3.8) is 0 Å². The van der Waals surface area contributed by atoms with Crippen molar-refractivity contribution in [3.8, 4) is 0 Å². The minimum absolute atomic E-state index is 0.274. The van der Waals surface area contributed by atoms with Gasteiger partial charge in [-0.2, -0.15) is 5.10 Å². The van der Waals surface area contributed by atoms with Gasteiger partial charge in [-0.1, -0.05) is 13.3 Å². The van der Waals surface area contributed by atoms with E-state index in [1.807, 2.05) is 6.92 Å². The zero-order chi connectivity index (χ0) is 13.7. The lowest BCUT2D eigenvalue weighted by molar-refractivity contribution is -0.0879. The molecule has 0 aromatic carbocycles. The molecule has 1 aliphatic carbocycles. The minimum Gasteiger partial charge on any atom is -0.367 e. The quantitative estimate of drug-likeness (QED) is 0.827. The van der Waals surface area contributed by atoms with Crippen LogP contribution in [0.1, 0.15) is 57.6 Å². The molecule has 1 heterocycles. The highest BCUT2D eigenvalue weighted by Crippen LogP contribution is 2.41. The van der Waals surface area contributed by atoms with Gasteiger partial charge in [0.2, 0.25) is 0 Å². The van der Waals surface area contributed by atoms with Gasteiger partial charge < -0.3 is 10.5 Å². The van der Waals surface area contributed by atoms with Gasteiger partial charge in [-0.05, 0) is 45.1 Å². The van der Waals surface area contributed by atoms with Crippen LogP contribution in [0.4, 0.5) is 0 Å². The topological polar surface area (TPSA) is 76.8 Å². The molecular weight excluding hydrogens is 240 g/mol. The van der Waals surface area contributed by atoms with E-state index in [9.17, 15) is 0 Å². The van der Waals surface area contributed by atoms with Crippen LogP contribution in [-0.2, 0) is 16.8 Å². The summed E-state index contributed by atoms with van der Waals surface area (Å²) in [5.74, 6) is 2.44. The average Bonchev–Trinajstić information content (AvgIpc) is 2.86. The summed E-state index contributed by atoms with van der Waals surface area (Å²) in [5, 5.41) is 7.46. The molecule has 2 unspecified atom stereocenters. The van der Waals surface area contributed by atoms with E-state index in [4.69, 9.17) is 10.5 Å². The fraction of sp³-hybridized carbons (Fsp3) is 0.857. The van der Waals surface area contributed by atoms with Gasteiger partial charge in [-0.25, -0.2) is 4.98 Å². The average molecular weight is 266 g/mol. The fourth-order valence-electron chi connectivity index (χ4n) is 3.06. The van der Waals surface area contributed by atoms with Crippen LogP contribution < -0.4 is 5.73 Å². The van der Waals surface area contributed by atoms with Crippen molar-refractivity contribution in [3.05, 3.63) is 11.6 Å². The van der Waals surface area contributed by atoms with Crippen LogP contribution in [0.2, 0.25) is 0 Å². The van der Waals surface area contributed by atoms with Crippen molar-refractivity contribution in [2.45, 2.75) is 58.0 Å². The van der Waals surface area contributed by atoms with Crippen LogP contribution in [0.15, 0.2) is 0 Å². The van der Waals surface area contributed by atoms with E-state index in [1.54, 1.807) is 0 Å². The number of nitrogens with two attached hydrogens (primary N) is 1. The second-order valence-electron chi connectivity index (χ2n) is 5.63. The Kier molecular flexibility index (Phi) is 4.93. The van der Waals surface area contributed by atoms with Crippen LogP contribution in [0.3, 0.4) is 0 Å². The second-order valence-corrected chi connectivity index (χ2v) is 5.63. The summed E-state index contributed by atoms with van der Waals surface area (Å²) >= 11 is 0. The SMILES string of the molecule is CCOC1(c2n[nH]c(CCCN)n2)CCCC(C)C1. The second kappa shape index (κ2) is 6.48. The molecule has 2 rings (SSSR count). The van der Waals surface area contributed by atoms with E-state index >= 15 is 0 Å². The van der Waals surface area contributed by atoms with Crippen molar-refractivity contribution < 1.29 is 4.74 Å². The minimum atomic E-state index is -0.274. The highest BCUT2D eigenvalue weighted by molar-refractivity contribution is 5.06. The number of aromatic nitrogens is 3. The summed E-state index contributed by atoms with van der Waals surface area (Å²) in [4.78, 5) is 4.65. The largest absolute Gasteiger partial charge is 0.367 e. The van der Waals surface area contributed by atoms with Crippen LogP contribution in [0.5, 0.6) is 0 Å². The molecule has 0 spiro atoms. The molecule has 1 aromatic heterocycles. The van der Waals surface area contributed by atoms with Crippen molar-refractivity contribution in [1.29, 1.82) is 0 Å². The molecule has 108 valence electrons. The van der Waals surface area contributed by atoms with Crippen molar-refractivity contribution in [2.75, 3.05) is 13.2 Å². The van der Waals surface area contributed by atoms with Gasteiger partial charge in [0.15, 0.2) is 5.82 Å². The highest BCUT2D eigenvalue weighted by Gasteiger charge is 2.40. The number of H-pyrrole nitrogens is 1. The monoisotopic (exact) mass is 266 g/mol. The van der Waals surface area contributed by atoms with Crippen LogP contribution >= 0.6 is 0 Å². The standard InChI is InChI=1S/C14H26N4O/c1-3-19-14(8-4-6-11(2)10-14)13-16-12(17-18-13)7-5-9-15/h11H,3-10,15H2,1-2H3,(H,16,17,18). The van der Waals surface area contributed by atoms with Gasteiger partial charge in [0.05, 0.1) is 0 Å². The number of ether oxygens (including phenoxy) is 1. The van der Waals surface area contributed by atoms with E-state index in [0.717, 1.165) is 37.3 Å². The Morgan fingerprint density at radius 1 is 1.53 bits per heavy atom. The third kappa shape index (κ3) is 3.34. The molecule has 1 aromatic rings. The Morgan fingerprint density at radius 2 is 2.37 bits per heavy atom. The van der Waals surface area contributed by atoms with Gasteiger partial charge in [-0.3, -0.25) is 5.10 Å². The summed E-state index contributed by atoms with van der Waals surface area (Å²) in [6.07, 6.45) is 6.31. The molecule has 19 heavy (non-hydrogen) atoms. The summed E-state index contributed by atoms with van der Waals surface area (Å²) in [6.45, 7) is 5.72. The zero-order valence-electron chi connectivity index (χ0n) is 12.1. The normalized spacial score (nSPS) is 27.6. The lowest BCUT2D eigenvalue weighted by Crippen LogP contribution is -2.36. The first-order chi connectivity index (χ1) is 9.20. The molecule has 0 radical (unpaired) electrons. The molecule has 2 atom stereocenters. The van der Waals surface area contributed by atoms with Gasteiger partial charge >= 0.3 is 0 Å². The number of aryl methyl sites for hydroxylation is 1.